The Hall–Kier alpha value is -3.43. The van der Waals surface area contributed by atoms with Gasteiger partial charge in [-0.15, -0.1) is 11.3 Å². The van der Waals surface area contributed by atoms with E-state index in [1.54, 1.807) is 13.0 Å². The number of aromatic nitrogens is 3. The number of esters is 1. The van der Waals surface area contributed by atoms with Crippen molar-refractivity contribution in [1.29, 1.82) is 0 Å². The van der Waals surface area contributed by atoms with Crippen LogP contribution in [0, 0.1) is 0 Å². The number of pyridine rings is 1. The normalized spacial score (nSPS) is 13.4. The Morgan fingerprint density at radius 2 is 2.11 bits per heavy atom. The van der Waals surface area contributed by atoms with Gasteiger partial charge in [-0.05, 0) is 48.7 Å². The number of rotatable bonds is 11. The highest BCUT2D eigenvalue weighted by Crippen LogP contribution is 2.34. The van der Waals surface area contributed by atoms with Crippen LogP contribution in [0.15, 0.2) is 53.2 Å². The molecule has 1 aromatic carbocycles. The third kappa shape index (κ3) is 6.71. The molecule has 198 valence electrons. The number of carbonyl (C=O) groups is 1. The first-order valence-corrected chi connectivity index (χ1v) is 13.9. The van der Waals surface area contributed by atoms with Crippen molar-refractivity contribution in [2.75, 3.05) is 25.1 Å². The maximum atomic E-state index is 12.4. The fourth-order valence-corrected chi connectivity index (χ4v) is 5.51. The third-order valence-electron chi connectivity index (χ3n) is 6.28. The summed E-state index contributed by atoms with van der Waals surface area (Å²) in [5.74, 6) is 1.60. The lowest BCUT2D eigenvalue weighted by Gasteiger charge is -2.17. The SMILES string of the molecule is CCOC(=O)CC(Cc1cc(OCCc2ccc3c(n2)NCCC3)no1)c1cnc(-c2ccc(Cl)cc2)s1. The number of fused-ring (bicyclic) bond motifs is 1. The molecule has 3 aromatic heterocycles. The maximum Gasteiger partial charge on any atom is 0.306 e. The molecule has 0 bridgehead atoms. The van der Waals surface area contributed by atoms with Crippen molar-refractivity contribution >= 4 is 34.7 Å². The lowest BCUT2D eigenvalue weighted by atomic mass is 9.98. The summed E-state index contributed by atoms with van der Waals surface area (Å²) in [6.07, 6.45) is 5.36. The van der Waals surface area contributed by atoms with Gasteiger partial charge in [0.2, 0.25) is 0 Å². The van der Waals surface area contributed by atoms with E-state index >= 15 is 0 Å². The zero-order chi connectivity index (χ0) is 26.3. The van der Waals surface area contributed by atoms with Gasteiger partial charge in [-0.25, -0.2) is 9.97 Å². The van der Waals surface area contributed by atoms with Crippen LogP contribution in [-0.4, -0.2) is 40.9 Å². The quantitative estimate of drug-likeness (QED) is 0.223. The summed E-state index contributed by atoms with van der Waals surface area (Å²) in [5, 5.41) is 8.96. The second kappa shape index (κ2) is 12.4. The molecule has 1 N–H and O–H groups in total. The average Bonchev–Trinajstić information content (AvgIpc) is 3.59. The number of nitrogens with zero attached hydrogens (tertiary/aromatic N) is 3. The zero-order valence-corrected chi connectivity index (χ0v) is 22.7. The first-order chi connectivity index (χ1) is 18.6. The van der Waals surface area contributed by atoms with Crippen LogP contribution in [0.4, 0.5) is 5.82 Å². The first-order valence-electron chi connectivity index (χ1n) is 12.8. The summed E-state index contributed by atoms with van der Waals surface area (Å²) in [7, 11) is 0. The van der Waals surface area contributed by atoms with E-state index in [1.807, 2.05) is 30.5 Å². The molecule has 0 amide bonds. The van der Waals surface area contributed by atoms with E-state index in [0.29, 0.717) is 42.7 Å². The van der Waals surface area contributed by atoms with Crippen LogP contribution in [-0.2, 0) is 28.8 Å². The number of thiazole rings is 1. The number of aryl methyl sites for hydroxylation is 1. The van der Waals surface area contributed by atoms with Gasteiger partial charge >= 0.3 is 5.97 Å². The van der Waals surface area contributed by atoms with Crippen LogP contribution in [0.25, 0.3) is 10.6 Å². The molecular formula is C28H29ClN4O4S. The number of ether oxygens (including phenoxy) is 2. The van der Waals surface area contributed by atoms with Gasteiger partial charge in [0.15, 0.2) is 0 Å². The minimum absolute atomic E-state index is 0.166. The smallest absolute Gasteiger partial charge is 0.306 e. The minimum Gasteiger partial charge on any atom is -0.475 e. The van der Waals surface area contributed by atoms with Crippen molar-refractivity contribution in [3.05, 3.63) is 75.6 Å². The van der Waals surface area contributed by atoms with Gasteiger partial charge in [0.1, 0.15) is 16.6 Å². The molecule has 0 radical (unpaired) electrons. The monoisotopic (exact) mass is 552 g/mol. The van der Waals surface area contributed by atoms with E-state index in [-0.39, 0.29) is 18.3 Å². The van der Waals surface area contributed by atoms with Gasteiger partial charge in [-0.1, -0.05) is 29.8 Å². The van der Waals surface area contributed by atoms with E-state index in [4.69, 9.17) is 30.6 Å². The van der Waals surface area contributed by atoms with Crippen molar-refractivity contribution in [1.82, 2.24) is 15.1 Å². The molecule has 0 spiro atoms. The van der Waals surface area contributed by atoms with Crippen LogP contribution in [0.3, 0.4) is 0 Å². The summed E-state index contributed by atoms with van der Waals surface area (Å²) in [4.78, 5) is 22.6. The largest absolute Gasteiger partial charge is 0.475 e. The standard InChI is InChI=1S/C28H29ClN4O4S/c1-2-35-26(34)15-20(24-17-31-28(38-24)19-5-8-21(29)9-6-19)14-23-16-25(33-37-23)36-13-11-22-10-7-18-4-3-12-30-27(18)32-22/h5-10,16-17,20H,2-4,11-15H2,1H3,(H,30,32). The average molecular weight is 553 g/mol. The predicted molar refractivity (Wildman–Crippen MR) is 147 cm³/mol. The fourth-order valence-electron chi connectivity index (χ4n) is 4.37. The van der Waals surface area contributed by atoms with Gasteiger partial charge in [0.25, 0.3) is 5.88 Å². The van der Waals surface area contributed by atoms with Crippen molar-refractivity contribution in [2.45, 2.75) is 44.9 Å². The summed E-state index contributed by atoms with van der Waals surface area (Å²) < 4.78 is 16.6. The van der Waals surface area contributed by atoms with Crippen molar-refractivity contribution in [2.24, 2.45) is 0 Å². The molecule has 1 aliphatic rings. The molecule has 5 rings (SSSR count). The molecule has 38 heavy (non-hydrogen) atoms. The Balaban J connectivity index is 1.22. The molecule has 1 unspecified atom stereocenters. The molecule has 0 aliphatic carbocycles. The number of hydrogen-bond acceptors (Lipinski definition) is 9. The predicted octanol–water partition coefficient (Wildman–Crippen LogP) is 6.11. The summed E-state index contributed by atoms with van der Waals surface area (Å²) in [5.41, 5.74) is 3.21. The summed E-state index contributed by atoms with van der Waals surface area (Å²) in [6, 6.07) is 13.5. The van der Waals surface area contributed by atoms with E-state index in [1.165, 1.54) is 16.9 Å². The molecule has 0 fully saturated rings. The van der Waals surface area contributed by atoms with Crippen LogP contribution in [0.1, 0.15) is 47.6 Å². The lowest BCUT2D eigenvalue weighted by molar-refractivity contribution is -0.143. The molecule has 1 aliphatic heterocycles. The molecule has 8 nitrogen and oxygen atoms in total. The Morgan fingerprint density at radius 1 is 1.24 bits per heavy atom. The maximum absolute atomic E-state index is 12.4. The molecule has 0 saturated heterocycles. The van der Waals surface area contributed by atoms with Gasteiger partial charge in [0, 0.05) is 58.7 Å². The lowest BCUT2D eigenvalue weighted by Crippen LogP contribution is -2.14. The van der Waals surface area contributed by atoms with E-state index in [0.717, 1.165) is 46.3 Å². The number of nitrogens with one attached hydrogen (secondary N) is 1. The highest BCUT2D eigenvalue weighted by atomic mass is 35.5. The van der Waals surface area contributed by atoms with Crippen LogP contribution in [0.2, 0.25) is 5.02 Å². The van der Waals surface area contributed by atoms with Crippen molar-refractivity contribution < 1.29 is 18.8 Å². The molecule has 1 atom stereocenters. The van der Waals surface area contributed by atoms with Gasteiger partial charge < -0.3 is 19.3 Å². The van der Waals surface area contributed by atoms with Gasteiger partial charge in [-0.3, -0.25) is 4.79 Å². The number of anilines is 1. The van der Waals surface area contributed by atoms with Crippen molar-refractivity contribution in [3.63, 3.8) is 0 Å². The third-order valence-corrected chi connectivity index (χ3v) is 7.74. The zero-order valence-electron chi connectivity index (χ0n) is 21.1. The number of halogens is 1. The fraction of sp³-hybridized carbons (Fsp3) is 0.357. The second-order valence-electron chi connectivity index (χ2n) is 9.06. The van der Waals surface area contributed by atoms with Crippen LogP contribution in [0.5, 0.6) is 5.88 Å². The molecule has 0 saturated carbocycles. The van der Waals surface area contributed by atoms with Gasteiger partial charge in [-0.2, -0.15) is 0 Å². The highest BCUT2D eigenvalue weighted by Gasteiger charge is 2.23. The Labute approximate surface area is 230 Å². The summed E-state index contributed by atoms with van der Waals surface area (Å²) in [6.45, 7) is 3.53. The topological polar surface area (TPSA) is 99.4 Å². The highest BCUT2D eigenvalue weighted by molar-refractivity contribution is 7.15. The van der Waals surface area contributed by atoms with E-state index < -0.39 is 0 Å². The Bertz CT molecular complexity index is 1370. The first kappa shape index (κ1) is 26.2. The molecule has 4 heterocycles. The molecule has 4 aromatic rings. The Morgan fingerprint density at radius 3 is 2.95 bits per heavy atom. The Kier molecular flexibility index (Phi) is 8.55. The van der Waals surface area contributed by atoms with Gasteiger partial charge in [0.05, 0.1) is 19.6 Å². The number of benzene rings is 1. The molecular weight excluding hydrogens is 524 g/mol. The minimum atomic E-state index is -0.262. The number of hydrogen-bond donors (Lipinski definition) is 1. The van der Waals surface area contributed by atoms with Crippen LogP contribution < -0.4 is 10.1 Å². The van der Waals surface area contributed by atoms with Crippen molar-refractivity contribution in [3.8, 4) is 16.5 Å². The van der Waals surface area contributed by atoms with Crippen LogP contribution >= 0.6 is 22.9 Å². The second-order valence-corrected chi connectivity index (χ2v) is 10.6. The van der Waals surface area contributed by atoms with E-state index in [2.05, 4.69) is 27.6 Å². The molecule has 10 heteroatoms. The number of carbonyl (C=O) groups excluding carboxylic acids is 1. The summed E-state index contributed by atoms with van der Waals surface area (Å²) >= 11 is 7.56. The van der Waals surface area contributed by atoms with E-state index in [9.17, 15) is 4.79 Å².